The molecule has 0 amide bonds. The van der Waals surface area contributed by atoms with Gasteiger partial charge < -0.3 is 0 Å². The Morgan fingerprint density at radius 2 is 0.650 bits per heavy atom. The summed E-state index contributed by atoms with van der Waals surface area (Å²) in [7, 11) is 0. The molecule has 2 rings (SSSR count). The lowest BCUT2D eigenvalue weighted by Crippen LogP contribution is -1.74. The van der Waals surface area contributed by atoms with Crippen molar-refractivity contribution in [3.8, 4) is 13.1 Å². The fourth-order valence-electron chi connectivity index (χ4n) is 1.33. The van der Waals surface area contributed by atoms with E-state index in [-0.39, 0.29) is 0 Å². The number of hydrogen-bond donors (Lipinski definition) is 0. The van der Waals surface area contributed by atoms with Gasteiger partial charge in [-0.3, -0.25) is 0 Å². The molecule has 0 aliphatic rings. The lowest BCUT2D eigenvalue weighted by Gasteiger charge is -1.93. The van der Waals surface area contributed by atoms with Gasteiger partial charge in [0.2, 0.25) is 0 Å². The number of rotatable bonds is 0. The minimum Gasteiger partial charge on any atom is -0.202 e. The average molecular weight is 266 g/mol. The highest BCUT2D eigenvalue weighted by Crippen LogP contribution is 2.03. The van der Waals surface area contributed by atoms with Crippen molar-refractivity contribution in [3.05, 3.63) is 70.8 Å². The van der Waals surface area contributed by atoms with Gasteiger partial charge in [0.1, 0.15) is 0 Å². The maximum Gasteiger partial charge on any atom is 0.0462 e. The first kappa shape index (κ1) is 19.8. The second kappa shape index (κ2) is 12.9. The molecule has 0 bridgehead atoms. The summed E-state index contributed by atoms with van der Waals surface area (Å²) in [6.07, 6.45) is 0. The van der Waals surface area contributed by atoms with Crippen LogP contribution in [0.5, 0.6) is 0 Å². The molecule has 2 nitrogen and oxygen atoms in total. The predicted octanol–water partition coefficient (Wildman–Crippen LogP) is 4.89. The maximum atomic E-state index is 6.50. The maximum absolute atomic E-state index is 6.50. The lowest BCUT2D eigenvalue weighted by atomic mass is 10.1. The third kappa shape index (κ3) is 8.50. The highest BCUT2D eigenvalue weighted by molar-refractivity contribution is 5.23. The summed E-state index contributed by atoms with van der Waals surface area (Å²) in [6.45, 7) is 15.5. The summed E-state index contributed by atoms with van der Waals surface area (Å²) < 4.78 is 0. The zero-order chi connectivity index (χ0) is 16.0. The van der Waals surface area contributed by atoms with Crippen molar-refractivity contribution in [2.45, 2.75) is 27.7 Å². The zero-order valence-electron chi connectivity index (χ0n) is 12.7. The second-order valence-electron chi connectivity index (χ2n) is 4.17. The molecule has 0 fully saturated rings. The van der Waals surface area contributed by atoms with Crippen LogP contribution in [-0.2, 0) is 0 Å². The largest absolute Gasteiger partial charge is 0.202 e. The number of nitrogens with zero attached hydrogens (tertiary/aromatic N) is 2. The topological polar surface area (TPSA) is 47.6 Å². The number of aryl methyl sites for hydroxylation is 4. The lowest BCUT2D eigenvalue weighted by molar-refractivity contribution is 1.34. The van der Waals surface area contributed by atoms with Crippen LogP contribution in [-0.4, -0.2) is 0 Å². The number of hydrogen-bond acceptors (Lipinski definition) is 2. The Balaban J connectivity index is 0. The van der Waals surface area contributed by atoms with E-state index in [1.165, 1.54) is 22.3 Å². The van der Waals surface area contributed by atoms with Crippen molar-refractivity contribution >= 4 is 0 Å². The molecule has 104 valence electrons. The number of benzene rings is 2. The molecule has 0 saturated heterocycles. The van der Waals surface area contributed by atoms with Gasteiger partial charge in [0, 0.05) is 13.1 Å². The predicted molar refractivity (Wildman–Crippen MR) is 85.2 cm³/mol. The Labute approximate surface area is 122 Å². The van der Waals surface area contributed by atoms with E-state index >= 15 is 0 Å². The Morgan fingerprint density at radius 3 is 0.750 bits per heavy atom. The normalized spacial score (nSPS) is 7.60. The Bertz CT molecular complexity index is 433. The monoisotopic (exact) mass is 266 g/mol. The average Bonchev–Trinajstić information content (AvgIpc) is 2.50. The summed E-state index contributed by atoms with van der Waals surface area (Å²) in [5.41, 5.74) is 5.47. The highest BCUT2D eigenvalue weighted by Gasteiger charge is 1.84. The van der Waals surface area contributed by atoms with Gasteiger partial charge in [0.15, 0.2) is 0 Å². The van der Waals surface area contributed by atoms with E-state index < -0.39 is 0 Å². The van der Waals surface area contributed by atoms with Gasteiger partial charge in [-0.15, -0.1) is 0 Å². The van der Waals surface area contributed by atoms with Crippen LogP contribution in [0.3, 0.4) is 0 Å². The first-order valence-electron chi connectivity index (χ1n) is 6.17. The standard InChI is InChI=1S/2C8H10.2CHN/c2*1-7-5-3-4-6-8(7)2;2*1-2/h2*3-6H,1-2H3;2*1H. The number of nitriles is 2. The quantitative estimate of drug-likeness (QED) is 0.681. The van der Waals surface area contributed by atoms with Gasteiger partial charge in [0.25, 0.3) is 0 Å². The first-order valence-corrected chi connectivity index (χ1v) is 6.17. The van der Waals surface area contributed by atoms with Crippen molar-refractivity contribution in [3.63, 3.8) is 0 Å². The Kier molecular flexibility index (Phi) is 12.7. The smallest absolute Gasteiger partial charge is 0.0462 e. The molecular weight excluding hydrogens is 244 g/mol. The summed E-state index contributed by atoms with van der Waals surface area (Å²) in [4.78, 5) is 0. The summed E-state index contributed by atoms with van der Waals surface area (Å²) in [6, 6.07) is 16.7. The van der Waals surface area contributed by atoms with Crippen LogP contribution >= 0.6 is 0 Å². The summed E-state index contributed by atoms with van der Waals surface area (Å²) in [5, 5.41) is 13.0. The fraction of sp³-hybridized carbons (Fsp3) is 0.222. The summed E-state index contributed by atoms with van der Waals surface area (Å²) in [5.74, 6) is 0. The van der Waals surface area contributed by atoms with Gasteiger partial charge in [-0.1, -0.05) is 48.5 Å². The van der Waals surface area contributed by atoms with Crippen molar-refractivity contribution < 1.29 is 0 Å². The first-order chi connectivity index (χ1) is 9.61. The molecule has 0 heterocycles. The van der Waals surface area contributed by atoms with Crippen LogP contribution < -0.4 is 0 Å². The van der Waals surface area contributed by atoms with E-state index in [0.29, 0.717) is 0 Å². The molecule has 2 heteroatoms. The van der Waals surface area contributed by atoms with Crippen molar-refractivity contribution in [1.82, 2.24) is 0 Å². The van der Waals surface area contributed by atoms with Gasteiger partial charge in [-0.2, -0.15) is 0 Å². The van der Waals surface area contributed by atoms with Gasteiger partial charge in [-0.05, 0) is 49.9 Å². The Morgan fingerprint density at radius 1 is 0.500 bits per heavy atom. The molecule has 20 heavy (non-hydrogen) atoms. The van der Waals surface area contributed by atoms with Gasteiger partial charge >= 0.3 is 0 Å². The van der Waals surface area contributed by atoms with E-state index in [0.717, 1.165) is 0 Å². The Hall–Kier alpha value is -2.58. The molecule has 2 aromatic rings. The molecule has 2 aromatic carbocycles. The van der Waals surface area contributed by atoms with Crippen LogP contribution in [0.2, 0.25) is 0 Å². The molecular formula is C18H22N2. The van der Waals surface area contributed by atoms with Crippen LogP contribution in [0.4, 0.5) is 0 Å². The SMILES string of the molecule is C#N.C#N.Cc1ccccc1C.Cc1ccccc1C. The fourth-order valence-corrected chi connectivity index (χ4v) is 1.33. The van der Waals surface area contributed by atoms with E-state index in [1.54, 1.807) is 0 Å². The molecule has 0 radical (unpaired) electrons. The second-order valence-corrected chi connectivity index (χ2v) is 4.17. The van der Waals surface area contributed by atoms with Crippen LogP contribution in [0.15, 0.2) is 48.5 Å². The van der Waals surface area contributed by atoms with E-state index in [1.807, 2.05) is 0 Å². The van der Waals surface area contributed by atoms with Crippen LogP contribution in [0.1, 0.15) is 22.3 Å². The molecule has 0 saturated carbocycles. The molecule has 0 aliphatic heterocycles. The minimum atomic E-state index is 1.37. The molecule has 0 unspecified atom stereocenters. The van der Waals surface area contributed by atoms with Gasteiger partial charge in [0.05, 0.1) is 0 Å². The molecule has 0 aromatic heterocycles. The van der Waals surface area contributed by atoms with E-state index in [2.05, 4.69) is 89.4 Å². The van der Waals surface area contributed by atoms with Crippen molar-refractivity contribution in [1.29, 1.82) is 10.5 Å². The summed E-state index contributed by atoms with van der Waals surface area (Å²) >= 11 is 0. The molecule has 0 aliphatic carbocycles. The minimum absolute atomic E-state index is 1.37. The van der Waals surface area contributed by atoms with Crippen molar-refractivity contribution in [2.24, 2.45) is 0 Å². The third-order valence-electron chi connectivity index (χ3n) is 2.85. The van der Waals surface area contributed by atoms with Crippen LogP contribution in [0, 0.1) is 51.4 Å². The zero-order valence-corrected chi connectivity index (χ0v) is 12.7. The highest BCUT2D eigenvalue weighted by atomic mass is 14.2. The molecule has 0 N–H and O–H groups in total. The molecule has 0 spiro atoms. The third-order valence-corrected chi connectivity index (χ3v) is 2.85. The van der Waals surface area contributed by atoms with E-state index in [4.69, 9.17) is 10.5 Å². The molecule has 0 atom stereocenters. The van der Waals surface area contributed by atoms with E-state index in [9.17, 15) is 0 Å². The van der Waals surface area contributed by atoms with Gasteiger partial charge in [-0.25, -0.2) is 10.5 Å². The van der Waals surface area contributed by atoms with Crippen LogP contribution in [0.25, 0.3) is 0 Å². The van der Waals surface area contributed by atoms with Crippen molar-refractivity contribution in [2.75, 3.05) is 0 Å².